The van der Waals surface area contributed by atoms with E-state index in [4.69, 9.17) is 4.74 Å². The largest absolute Gasteiger partial charge is 0.487 e. The minimum absolute atomic E-state index is 0.107. The zero-order chi connectivity index (χ0) is 18.8. The molecule has 2 amide bonds. The maximum Gasteiger partial charge on any atom is 0.256 e. The molecular weight excluding hydrogens is 344 g/mol. The summed E-state index contributed by atoms with van der Waals surface area (Å²) in [5.41, 5.74) is 1.36. The molecule has 2 aromatic heterocycles. The molecule has 0 aromatic carbocycles. The van der Waals surface area contributed by atoms with E-state index < -0.39 is 6.04 Å². The van der Waals surface area contributed by atoms with Crippen molar-refractivity contribution in [2.75, 3.05) is 6.54 Å². The number of amides is 2. The van der Waals surface area contributed by atoms with Gasteiger partial charge in [-0.05, 0) is 43.5 Å². The highest BCUT2D eigenvalue weighted by Gasteiger charge is 2.42. The van der Waals surface area contributed by atoms with E-state index in [2.05, 4.69) is 15.3 Å². The van der Waals surface area contributed by atoms with Crippen molar-refractivity contribution >= 4 is 11.8 Å². The normalized spacial score (nSPS) is 21.7. The van der Waals surface area contributed by atoms with Crippen LogP contribution < -0.4 is 10.1 Å². The Kier molecular flexibility index (Phi) is 4.75. The first kappa shape index (κ1) is 17.5. The number of rotatable bonds is 5. The van der Waals surface area contributed by atoms with Crippen molar-refractivity contribution in [2.45, 2.75) is 44.4 Å². The smallest absolute Gasteiger partial charge is 0.256 e. The van der Waals surface area contributed by atoms with Gasteiger partial charge in [-0.15, -0.1) is 0 Å². The van der Waals surface area contributed by atoms with Crippen LogP contribution >= 0.6 is 0 Å². The maximum atomic E-state index is 13.1. The van der Waals surface area contributed by atoms with E-state index in [1.807, 2.05) is 13.0 Å². The number of hydrogen-bond donors (Lipinski definition) is 1. The van der Waals surface area contributed by atoms with Gasteiger partial charge < -0.3 is 15.0 Å². The lowest BCUT2D eigenvalue weighted by Crippen LogP contribution is -2.46. The SMILES string of the molecule is Cc1ccncc1C(=O)N1C[C@@H](Oc2cccnc2)C[C@H]1C(=O)NC1CC1. The summed E-state index contributed by atoms with van der Waals surface area (Å²) in [5.74, 6) is 0.342. The summed E-state index contributed by atoms with van der Waals surface area (Å²) in [7, 11) is 0. The highest BCUT2D eigenvalue weighted by atomic mass is 16.5. The van der Waals surface area contributed by atoms with Gasteiger partial charge in [0, 0.05) is 31.1 Å². The molecule has 27 heavy (non-hydrogen) atoms. The van der Waals surface area contributed by atoms with E-state index in [0.29, 0.717) is 24.3 Å². The lowest BCUT2D eigenvalue weighted by atomic mass is 10.1. The number of likely N-dealkylation sites (tertiary alicyclic amines) is 1. The summed E-state index contributed by atoms with van der Waals surface area (Å²) in [5, 5.41) is 3.01. The molecule has 0 spiro atoms. The first-order chi connectivity index (χ1) is 13.1. The van der Waals surface area contributed by atoms with Crippen LogP contribution in [0.15, 0.2) is 43.0 Å². The van der Waals surface area contributed by atoms with Crippen LogP contribution in [0.2, 0.25) is 0 Å². The molecule has 140 valence electrons. The molecule has 2 atom stereocenters. The Morgan fingerprint density at radius 2 is 2.00 bits per heavy atom. The topological polar surface area (TPSA) is 84.4 Å². The van der Waals surface area contributed by atoms with Gasteiger partial charge in [-0.2, -0.15) is 0 Å². The molecule has 2 aliphatic rings. The van der Waals surface area contributed by atoms with E-state index in [1.54, 1.807) is 41.8 Å². The molecule has 1 saturated heterocycles. The third-order valence-electron chi connectivity index (χ3n) is 4.96. The molecule has 2 aromatic rings. The van der Waals surface area contributed by atoms with Crippen molar-refractivity contribution in [3.05, 3.63) is 54.1 Å². The standard InChI is InChI=1S/C20H22N4O3/c1-13-6-8-22-11-17(13)20(26)24-12-16(27-15-3-2-7-21-10-15)9-18(24)19(25)23-14-4-5-14/h2-3,6-8,10-11,14,16,18H,4-5,9,12H2,1H3,(H,23,25)/t16-,18-/m0/s1. The van der Waals surface area contributed by atoms with Crippen molar-refractivity contribution in [3.63, 3.8) is 0 Å². The quantitative estimate of drug-likeness (QED) is 0.871. The van der Waals surface area contributed by atoms with Gasteiger partial charge in [0.15, 0.2) is 0 Å². The van der Waals surface area contributed by atoms with Gasteiger partial charge in [-0.25, -0.2) is 0 Å². The van der Waals surface area contributed by atoms with Crippen LogP contribution in [0, 0.1) is 6.92 Å². The van der Waals surface area contributed by atoms with Crippen molar-refractivity contribution in [2.24, 2.45) is 0 Å². The molecule has 0 bridgehead atoms. The average Bonchev–Trinajstić information content (AvgIpc) is 3.39. The van der Waals surface area contributed by atoms with Crippen LogP contribution in [0.4, 0.5) is 0 Å². The molecule has 1 N–H and O–H groups in total. The number of carbonyl (C=O) groups excluding carboxylic acids is 2. The molecular formula is C20H22N4O3. The number of carbonyl (C=O) groups is 2. The Bertz CT molecular complexity index is 838. The van der Waals surface area contributed by atoms with Crippen molar-refractivity contribution in [3.8, 4) is 5.75 Å². The Balaban J connectivity index is 1.55. The number of nitrogens with zero attached hydrogens (tertiary/aromatic N) is 3. The Morgan fingerprint density at radius 3 is 2.70 bits per heavy atom. The summed E-state index contributed by atoms with van der Waals surface area (Å²) in [6.07, 6.45) is 8.73. The molecule has 7 nitrogen and oxygen atoms in total. The number of pyridine rings is 2. The first-order valence-corrected chi connectivity index (χ1v) is 9.20. The second-order valence-electron chi connectivity index (χ2n) is 7.11. The van der Waals surface area contributed by atoms with Gasteiger partial charge in [0.25, 0.3) is 5.91 Å². The molecule has 1 aliphatic carbocycles. The Morgan fingerprint density at radius 1 is 1.19 bits per heavy atom. The third kappa shape index (κ3) is 3.92. The molecule has 1 saturated carbocycles. The minimum atomic E-state index is -0.542. The first-order valence-electron chi connectivity index (χ1n) is 9.20. The van der Waals surface area contributed by atoms with Crippen LogP contribution in [-0.2, 0) is 4.79 Å². The maximum absolute atomic E-state index is 13.1. The second kappa shape index (κ2) is 7.34. The molecule has 0 unspecified atom stereocenters. The molecule has 4 rings (SSSR count). The number of ether oxygens (including phenoxy) is 1. The van der Waals surface area contributed by atoms with Crippen molar-refractivity contribution in [1.82, 2.24) is 20.2 Å². The van der Waals surface area contributed by atoms with Crippen LogP contribution in [0.25, 0.3) is 0 Å². The number of nitrogens with one attached hydrogen (secondary N) is 1. The van der Waals surface area contributed by atoms with E-state index in [1.165, 1.54) is 0 Å². The Labute approximate surface area is 157 Å². The summed E-state index contributed by atoms with van der Waals surface area (Å²) in [6.45, 7) is 2.22. The van der Waals surface area contributed by atoms with E-state index in [0.717, 1.165) is 18.4 Å². The zero-order valence-corrected chi connectivity index (χ0v) is 15.2. The number of hydrogen-bond acceptors (Lipinski definition) is 5. The minimum Gasteiger partial charge on any atom is -0.487 e. The highest BCUT2D eigenvalue weighted by molar-refractivity contribution is 5.99. The van der Waals surface area contributed by atoms with Gasteiger partial charge in [-0.3, -0.25) is 19.6 Å². The Hall–Kier alpha value is -2.96. The van der Waals surface area contributed by atoms with Crippen LogP contribution in [-0.4, -0.2) is 51.4 Å². The number of aromatic nitrogens is 2. The van der Waals surface area contributed by atoms with E-state index in [9.17, 15) is 9.59 Å². The van der Waals surface area contributed by atoms with Gasteiger partial charge in [-0.1, -0.05) is 0 Å². The zero-order valence-electron chi connectivity index (χ0n) is 15.2. The molecule has 3 heterocycles. The summed E-state index contributed by atoms with van der Waals surface area (Å²) in [6, 6.07) is 5.12. The summed E-state index contributed by atoms with van der Waals surface area (Å²) >= 11 is 0. The summed E-state index contributed by atoms with van der Waals surface area (Å²) in [4.78, 5) is 35.6. The van der Waals surface area contributed by atoms with Gasteiger partial charge in [0.2, 0.25) is 5.91 Å². The van der Waals surface area contributed by atoms with Crippen LogP contribution in [0.1, 0.15) is 35.2 Å². The fraction of sp³-hybridized carbons (Fsp3) is 0.400. The van der Waals surface area contributed by atoms with E-state index in [-0.39, 0.29) is 24.0 Å². The summed E-state index contributed by atoms with van der Waals surface area (Å²) < 4.78 is 5.97. The van der Waals surface area contributed by atoms with Crippen LogP contribution in [0.5, 0.6) is 5.75 Å². The highest BCUT2D eigenvalue weighted by Crippen LogP contribution is 2.27. The third-order valence-corrected chi connectivity index (χ3v) is 4.96. The van der Waals surface area contributed by atoms with Gasteiger partial charge >= 0.3 is 0 Å². The molecule has 0 radical (unpaired) electrons. The molecule has 2 fully saturated rings. The average molecular weight is 366 g/mol. The van der Waals surface area contributed by atoms with Gasteiger partial charge in [0.1, 0.15) is 17.9 Å². The van der Waals surface area contributed by atoms with E-state index >= 15 is 0 Å². The second-order valence-corrected chi connectivity index (χ2v) is 7.11. The van der Waals surface area contributed by atoms with Gasteiger partial charge in [0.05, 0.1) is 18.3 Å². The number of aryl methyl sites for hydroxylation is 1. The molecule has 1 aliphatic heterocycles. The van der Waals surface area contributed by atoms with Crippen LogP contribution in [0.3, 0.4) is 0 Å². The predicted octanol–water partition coefficient (Wildman–Crippen LogP) is 1.73. The monoisotopic (exact) mass is 366 g/mol. The lowest BCUT2D eigenvalue weighted by Gasteiger charge is -2.24. The predicted molar refractivity (Wildman–Crippen MR) is 98.2 cm³/mol. The fourth-order valence-electron chi connectivity index (χ4n) is 3.33. The lowest BCUT2D eigenvalue weighted by molar-refractivity contribution is -0.125. The van der Waals surface area contributed by atoms with Crippen molar-refractivity contribution < 1.29 is 14.3 Å². The molecule has 7 heteroatoms. The fourth-order valence-corrected chi connectivity index (χ4v) is 3.33. The van der Waals surface area contributed by atoms with Crippen molar-refractivity contribution in [1.29, 1.82) is 0 Å².